The Labute approximate surface area is 181 Å². The van der Waals surface area contributed by atoms with Crippen LogP contribution < -0.4 is 0 Å². The van der Waals surface area contributed by atoms with Crippen LogP contribution in [0.5, 0.6) is 0 Å². The van der Waals surface area contributed by atoms with Gasteiger partial charge in [-0.3, -0.25) is 29.0 Å². The van der Waals surface area contributed by atoms with E-state index in [0.29, 0.717) is 0 Å². The number of nitrogens with zero attached hydrogens (tertiary/aromatic N) is 2. The number of carbonyl (C=O) groups excluding carboxylic acids is 4. The summed E-state index contributed by atoms with van der Waals surface area (Å²) in [6, 6.07) is 0. The quantitative estimate of drug-likeness (QED) is 0.491. The van der Waals surface area contributed by atoms with E-state index in [2.05, 4.69) is 25.3 Å². The number of imide groups is 2. The molecule has 6 nitrogen and oxygen atoms in total. The Kier molecular flexibility index (Phi) is 3.90. The Balaban J connectivity index is 1.22. The monoisotopic (exact) mass is 418 g/mol. The molecule has 8 unspecified atom stereocenters. The molecule has 6 heteroatoms. The zero-order chi connectivity index (χ0) is 21.6. The molecule has 4 bridgehead atoms. The van der Waals surface area contributed by atoms with Crippen LogP contribution in [0.1, 0.15) is 25.7 Å². The minimum Gasteiger partial charge on any atom is -0.274 e. The van der Waals surface area contributed by atoms with E-state index < -0.39 is 0 Å². The van der Waals surface area contributed by atoms with Gasteiger partial charge < -0.3 is 0 Å². The van der Waals surface area contributed by atoms with Crippen molar-refractivity contribution in [2.24, 2.45) is 47.3 Å². The van der Waals surface area contributed by atoms with Crippen LogP contribution in [0.15, 0.2) is 48.6 Å². The van der Waals surface area contributed by atoms with Crippen LogP contribution in [0.25, 0.3) is 0 Å². The highest BCUT2D eigenvalue weighted by molar-refractivity contribution is 6.09. The van der Waals surface area contributed by atoms with Gasteiger partial charge in [-0.25, -0.2) is 0 Å². The predicted molar refractivity (Wildman–Crippen MR) is 112 cm³/mol. The maximum Gasteiger partial charge on any atom is 0.235 e. The van der Waals surface area contributed by atoms with E-state index in [4.69, 9.17) is 0 Å². The number of carbonyl (C=O) groups is 4. The number of amides is 4. The van der Waals surface area contributed by atoms with Gasteiger partial charge in [0.15, 0.2) is 0 Å². The highest BCUT2D eigenvalue weighted by Gasteiger charge is 2.64. The van der Waals surface area contributed by atoms with Gasteiger partial charge in [0.1, 0.15) is 6.67 Å². The molecule has 6 aliphatic rings. The Morgan fingerprint density at radius 1 is 0.710 bits per heavy atom. The summed E-state index contributed by atoms with van der Waals surface area (Å²) in [6.07, 6.45) is 11.1. The third-order valence-corrected chi connectivity index (χ3v) is 8.67. The maximum absolute atomic E-state index is 13.2. The molecule has 2 aliphatic heterocycles. The average Bonchev–Trinajstić information content (AvgIpc) is 3.55. The molecule has 0 N–H and O–H groups in total. The van der Waals surface area contributed by atoms with Crippen molar-refractivity contribution in [3.63, 3.8) is 0 Å². The Hall–Kier alpha value is -2.76. The lowest BCUT2D eigenvalue weighted by atomic mass is 9.80. The highest BCUT2D eigenvalue weighted by Crippen LogP contribution is 2.58. The first-order chi connectivity index (χ1) is 15.0. The average molecular weight is 418 g/mol. The van der Waals surface area contributed by atoms with Gasteiger partial charge in [-0.05, 0) is 49.4 Å². The van der Waals surface area contributed by atoms with Crippen LogP contribution in [0.2, 0.25) is 0 Å². The summed E-state index contributed by atoms with van der Waals surface area (Å²) in [7, 11) is 0. The molecule has 4 aliphatic carbocycles. The molecule has 8 atom stereocenters. The van der Waals surface area contributed by atoms with Crippen molar-refractivity contribution < 1.29 is 19.2 Å². The van der Waals surface area contributed by atoms with Crippen LogP contribution >= 0.6 is 0 Å². The molecule has 6 rings (SSSR count). The fourth-order valence-corrected chi connectivity index (χ4v) is 7.56. The third-order valence-electron chi connectivity index (χ3n) is 8.67. The van der Waals surface area contributed by atoms with E-state index in [-0.39, 0.29) is 77.6 Å². The fraction of sp³-hybridized carbons (Fsp3) is 0.520. The lowest BCUT2D eigenvalue weighted by Crippen LogP contribution is -2.46. The summed E-state index contributed by atoms with van der Waals surface area (Å²) in [5, 5.41) is 0. The molecule has 0 spiro atoms. The predicted octanol–water partition coefficient (Wildman–Crippen LogP) is 2.45. The number of fused-ring (bicyclic) bond motifs is 10. The SMILES string of the molecule is C=CCC1=CC2CC1C1C(=O)N(CN3C(=O)C4C5C=C(CC=C)C(C5)C4C3=O)C(=O)C21. The summed E-state index contributed by atoms with van der Waals surface area (Å²) in [4.78, 5) is 55.2. The number of likely N-dealkylation sites (tertiary alicyclic amines) is 2. The van der Waals surface area contributed by atoms with E-state index in [1.165, 1.54) is 20.9 Å². The van der Waals surface area contributed by atoms with Crippen LogP contribution in [0.3, 0.4) is 0 Å². The molecule has 2 heterocycles. The topological polar surface area (TPSA) is 74.8 Å². The van der Waals surface area contributed by atoms with Crippen molar-refractivity contribution in [2.75, 3.05) is 6.67 Å². The van der Waals surface area contributed by atoms with Crippen molar-refractivity contribution >= 4 is 23.6 Å². The molecule has 31 heavy (non-hydrogen) atoms. The minimum atomic E-state index is -0.346. The number of hydrogen-bond acceptors (Lipinski definition) is 4. The van der Waals surface area contributed by atoms with Gasteiger partial charge in [0.2, 0.25) is 23.6 Å². The lowest BCUT2D eigenvalue weighted by molar-refractivity contribution is -0.149. The summed E-state index contributed by atoms with van der Waals surface area (Å²) >= 11 is 0. The third kappa shape index (κ3) is 2.28. The van der Waals surface area contributed by atoms with Crippen molar-refractivity contribution in [2.45, 2.75) is 25.7 Å². The van der Waals surface area contributed by atoms with Crippen molar-refractivity contribution in [1.29, 1.82) is 0 Å². The number of allylic oxidation sites excluding steroid dienone is 6. The molecule has 0 aromatic heterocycles. The summed E-state index contributed by atoms with van der Waals surface area (Å²) < 4.78 is 0. The Bertz CT molecular complexity index is 943. The lowest BCUT2D eigenvalue weighted by Gasteiger charge is -2.24. The van der Waals surface area contributed by atoms with Crippen LogP contribution in [0, 0.1) is 47.3 Å². The summed E-state index contributed by atoms with van der Waals surface area (Å²) in [6.45, 7) is 7.37. The molecular formula is C25H26N2O4. The van der Waals surface area contributed by atoms with E-state index in [1.807, 2.05) is 12.2 Å². The summed E-state index contributed by atoms with van der Waals surface area (Å²) in [5.74, 6) is -1.92. The molecule has 4 fully saturated rings. The van der Waals surface area contributed by atoms with Gasteiger partial charge in [0.25, 0.3) is 0 Å². The first-order valence-corrected chi connectivity index (χ1v) is 11.3. The van der Waals surface area contributed by atoms with Gasteiger partial charge >= 0.3 is 0 Å². The molecule has 0 aromatic rings. The second-order valence-corrected chi connectivity index (χ2v) is 9.93. The van der Waals surface area contributed by atoms with Gasteiger partial charge in [0, 0.05) is 0 Å². The molecule has 4 amide bonds. The highest BCUT2D eigenvalue weighted by atomic mass is 16.2. The second-order valence-electron chi connectivity index (χ2n) is 9.93. The van der Waals surface area contributed by atoms with Gasteiger partial charge in [-0.15, -0.1) is 13.2 Å². The number of rotatable bonds is 6. The first-order valence-electron chi connectivity index (χ1n) is 11.3. The molecule has 160 valence electrons. The fourth-order valence-electron chi connectivity index (χ4n) is 7.56. The smallest absolute Gasteiger partial charge is 0.235 e. The standard InChI is InChI=1S/C25H26N2O4/c1-3-5-12-7-14-9-16(12)20-18(14)22(28)26(24(20)30)11-27-23(29)19-15-8-13(6-4-2)17(10-15)21(19)25(27)31/h3-4,7-8,14-21H,1-2,5-6,9-11H2. The van der Waals surface area contributed by atoms with E-state index >= 15 is 0 Å². The van der Waals surface area contributed by atoms with E-state index in [9.17, 15) is 19.2 Å². The zero-order valence-corrected chi connectivity index (χ0v) is 17.4. The normalized spacial score (nSPS) is 41.8. The van der Waals surface area contributed by atoms with Gasteiger partial charge in [-0.1, -0.05) is 35.5 Å². The number of hydrogen-bond donors (Lipinski definition) is 0. The molecule has 0 aromatic carbocycles. The van der Waals surface area contributed by atoms with E-state index in [0.717, 1.165) is 25.7 Å². The van der Waals surface area contributed by atoms with Crippen molar-refractivity contribution in [1.82, 2.24) is 9.80 Å². The Morgan fingerprint density at radius 2 is 1.10 bits per heavy atom. The largest absolute Gasteiger partial charge is 0.274 e. The molecule has 0 radical (unpaired) electrons. The molecule has 2 saturated heterocycles. The van der Waals surface area contributed by atoms with E-state index in [1.54, 1.807) is 0 Å². The summed E-state index contributed by atoms with van der Waals surface area (Å²) in [5.41, 5.74) is 2.40. The van der Waals surface area contributed by atoms with Crippen LogP contribution in [-0.4, -0.2) is 40.1 Å². The Morgan fingerprint density at radius 3 is 1.48 bits per heavy atom. The first kappa shape index (κ1) is 19.0. The maximum atomic E-state index is 13.2. The van der Waals surface area contributed by atoms with Crippen LogP contribution in [0.4, 0.5) is 0 Å². The van der Waals surface area contributed by atoms with Crippen molar-refractivity contribution in [3.8, 4) is 0 Å². The second kappa shape index (κ2) is 6.38. The van der Waals surface area contributed by atoms with Gasteiger partial charge in [0.05, 0.1) is 23.7 Å². The molecule has 2 saturated carbocycles. The molecular weight excluding hydrogens is 392 g/mol. The zero-order valence-electron chi connectivity index (χ0n) is 17.4. The van der Waals surface area contributed by atoms with Crippen LogP contribution in [-0.2, 0) is 19.2 Å². The minimum absolute atomic E-state index is 0.0808. The van der Waals surface area contributed by atoms with Gasteiger partial charge in [-0.2, -0.15) is 0 Å². The van der Waals surface area contributed by atoms with Crippen molar-refractivity contribution in [3.05, 3.63) is 48.6 Å².